The Hall–Kier alpha value is 0.0700. The third-order valence-corrected chi connectivity index (χ3v) is 5.02. The highest BCUT2D eigenvalue weighted by molar-refractivity contribution is 7.85. The largest absolute Gasteiger partial charge is 0.310 e. The molecule has 2 aliphatic rings. The van der Waals surface area contributed by atoms with Crippen molar-refractivity contribution in [1.29, 1.82) is 0 Å². The van der Waals surface area contributed by atoms with Crippen molar-refractivity contribution in [3.8, 4) is 0 Å². The van der Waals surface area contributed by atoms with Crippen molar-refractivity contribution in [2.75, 3.05) is 31.1 Å². The highest BCUT2D eigenvalue weighted by Crippen LogP contribution is 2.11. The molecule has 2 rings (SSSR count). The van der Waals surface area contributed by atoms with Crippen LogP contribution in [0.3, 0.4) is 0 Å². The van der Waals surface area contributed by atoms with E-state index in [9.17, 15) is 4.21 Å². The average molecular weight is 244 g/mol. The third-order valence-electron chi connectivity index (χ3n) is 3.64. The maximum absolute atomic E-state index is 11.2. The Morgan fingerprint density at radius 3 is 2.56 bits per heavy atom. The molecule has 0 aromatic carbocycles. The third kappa shape index (κ3) is 3.82. The minimum absolute atomic E-state index is 0.530. The second-order valence-electron chi connectivity index (χ2n) is 5.20. The Bertz CT molecular complexity index is 231. The van der Waals surface area contributed by atoms with Gasteiger partial charge in [0.15, 0.2) is 0 Å². The average Bonchev–Trinajstić information content (AvgIpc) is 2.74. The molecule has 3 nitrogen and oxygen atoms in total. The van der Waals surface area contributed by atoms with Crippen molar-refractivity contribution in [3.05, 3.63) is 0 Å². The second kappa shape index (κ2) is 6.12. The van der Waals surface area contributed by atoms with Gasteiger partial charge in [-0.2, -0.15) is 0 Å². The predicted molar refractivity (Wildman–Crippen MR) is 69.2 cm³/mol. The van der Waals surface area contributed by atoms with Crippen LogP contribution < -0.4 is 5.32 Å². The lowest BCUT2D eigenvalue weighted by molar-refractivity contribution is 0.281. The van der Waals surface area contributed by atoms with E-state index in [0.717, 1.165) is 24.3 Å². The zero-order chi connectivity index (χ0) is 11.4. The monoisotopic (exact) mass is 244 g/mol. The first-order valence-electron chi connectivity index (χ1n) is 6.57. The van der Waals surface area contributed by atoms with Gasteiger partial charge in [0, 0.05) is 40.9 Å². The summed E-state index contributed by atoms with van der Waals surface area (Å²) >= 11 is 0. The van der Waals surface area contributed by atoms with E-state index in [1.54, 1.807) is 0 Å². The summed E-state index contributed by atoms with van der Waals surface area (Å²) in [6.07, 6.45) is 4.93. The first-order chi connectivity index (χ1) is 7.74. The standard InChI is InChI=1S/C12H24N2OS/c1-11(10-14-6-2-3-7-14)13-12-4-8-16(15)9-5-12/h11-13H,2-10H2,1H3. The van der Waals surface area contributed by atoms with Gasteiger partial charge in [-0.05, 0) is 45.7 Å². The Kier molecular flexibility index (Phi) is 4.79. The number of rotatable bonds is 4. The maximum Gasteiger partial charge on any atom is 0.0249 e. The molecule has 0 aromatic heterocycles. The molecule has 0 bridgehead atoms. The molecule has 16 heavy (non-hydrogen) atoms. The normalized spacial score (nSPS) is 34.1. The van der Waals surface area contributed by atoms with Gasteiger partial charge in [0.1, 0.15) is 0 Å². The van der Waals surface area contributed by atoms with Gasteiger partial charge in [0.25, 0.3) is 0 Å². The summed E-state index contributed by atoms with van der Waals surface area (Å²) in [6, 6.07) is 1.19. The van der Waals surface area contributed by atoms with Crippen LogP contribution in [0.2, 0.25) is 0 Å². The van der Waals surface area contributed by atoms with Crippen LogP contribution >= 0.6 is 0 Å². The highest BCUT2D eigenvalue weighted by Gasteiger charge is 2.20. The smallest absolute Gasteiger partial charge is 0.0249 e. The van der Waals surface area contributed by atoms with Gasteiger partial charge in [-0.25, -0.2) is 0 Å². The van der Waals surface area contributed by atoms with Crippen LogP contribution in [0.15, 0.2) is 0 Å². The first-order valence-corrected chi connectivity index (χ1v) is 8.06. The van der Waals surface area contributed by atoms with E-state index in [4.69, 9.17) is 0 Å². The molecule has 0 spiro atoms. The molecule has 0 amide bonds. The van der Waals surface area contributed by atoms with Gasteiger partial charge in [0.2, 0.25) is 0 Å². The summed E-state index contributed by atoms with van der Waals surface area (Å²) in [5.74, 6) is 1.79. The predicted octanol–water partition coefficient (Wildman–Crippen LogP) is 0.971. The van der Waals surface area contributed by atoms with E-state index in [1.165, 1.54) is 32.5 Å². The van der Waals surface area contributed by atoms with E-state index in [-0.39, 0.29) is 0 Å². The zero-order valence-electron chi connectivity index (χ0n) is 10.3. The van der Waals surface area contributed by atoms with E-state index >= 15 is 0 Å². The number of nitrogens with zero attached hydrogens (tertiary/aromatic N) is 1. The Labute approximate surface area is 101 Å². The molecule has 2 fully saturated rings. The first kappa shape index (κ1) is 12.5. The molecule has 0 saturated carbocycles. The molecular weight excluding hydrogens is 220 g/mol. The molecule has 2 heterocycles. The molecule has 1 unspecified atom stereocenters. The summed E-state index contributed by atoms with van der Waals surface area (Å²) in [6.45, 7) is 6.02. The van der Waals surface area contributed by atoms with Crippen molar-refractivity contribution in [2.45, 2.75) is 44.7 Å². The van der Waals surface area contributed by atoms with Crippen molar-refractivity contribution in [1.82, 2.24) is 10.2 Å². The number of hydrogen-bond donors (Lipinski definition) is 1. The zero-order valence-corrected chi connectivity index (χ0v) is 11.1. The van der Waals surface area contributed by atoms with Crippen LogP contribution in [0.5, 0.6) is 0 Å². The molecule has 1 atom stereocenters. The van der Waals surface area contributed by atoms with Crippen LogP contribution in [0.25, 0.3) is 0 Å². The van der Waals surface area contributed by atoms with Crippen molar-refractivity contribution < 1.29 is 4.21 Å². The minimum Gasteiger partial charge on any atom is -0.310 e. The van der Waals surface area contributed by atoms with E-state index in [2.05, 4.69) is 17.1 Å². The minimum atomic E-state index is -0.530. The SMILES string of the molecule is CC(CN1CCCC1)NC1CCS(=O)CC1. The number of likely N-dealkylation sites (tertiary alicyclic amines) is 1. The molecule has 2 saturated heterocycles. The van der Waals surface area contributed by atoms with E-state index in [0.29, 0.717) is 12.1 Å². The number of hydrogen-bond acceptors (Lipinski definition) is 3. The topological polar surface area (TPSA) is 32.3 Å². The fourth-order valence-corrected chi connectivity index (χ4v) is 4.07. The van der Waals surface area contributed by atoms with E-state index in [1.807, 2.05) is 0 Å². The van der Waals surface area contributed by atoms with E-state index < -0.39 is 10.8 Å². The molecule has 0 aliphatic carbocycles. The van der Waals surface area contributed by atoms with Crippen LogP contribution in [0.4, 0.5) is 0 Å². The summed E-state index contributed by atoms with van der Waals surface area (Å²) in [7, 11) is -0.530. The summed E-state index contributed by atoms with van der Waals surface area (Å²) in [5, 5.41) is 3.69. The summed E-state index contributed by atoms with van der Waals surface area (Å²) in [4.78, 5) is 2.55. The quantitative estimate of drug-likeness (QED) is 0.800. The summed E-state index contributed by atoms with van der Waals surface area (Å²) < 4.78 is 11.2. The molecule has 0 aromatic rings. The second-order valence-corrected chi connectivity index (χ2v) is 6.89. The van der Waals surface area contributed by atoms with Crippen LogP contribution in [-0.2, 0) is 10.8 Å². The van der Waals surface area contributed by atoms with Crippen molar-refractivity contribution in [2.24, 2.45) is 0 Å². The molecule has 2 aliphatic heterocycles. The lowest BCUT2D eigenvalue weighted by Gasteiger charge is -2.28. The Balaban J connectivity index is 1.66. The van der Waals surface area contributed by atoms with Crippen LogP contribution in [0, 0.1) is 0 Å². The molecule has 4 heteroatoms. The van der Waals surface area contributed by atoms with Gasteiger partial charge >= 0.3 is 0 Å². The highest BCUT2D eigenvalue weighted by atomic mass is 32.2. The van der Waals surface area contributed by atoms with Gasteiger partial charge in [-0.15, -0.1) is 0 Å². The summed E-state index contributed by atoms with van der Waals surface area (Å²) in [5.41, 5.74) is 0. The molecular formula is C12H24N2OS. The fourth-order valence-electron chi connectivity index (χ4n) is 2.77. The molecule has 1 N–H and O–H groups in total. The van der Waals surface area contributed by atoms with Gasteiger partial charge in [-0.1, -0.05) is 0 Å². The fraction of sp³-hybridized carbons (Fsp3) is 1.00. The molecule has 94 valence electrons. The van der Waals surface area contributed by atoms with Crippen molar-refractivity contribution >= 4 is 10.8 Å². The van der Waals surface area contributed by atoms with Crippen molar-refractivity contribution in [3.63, 3.8) is 0 Å². The van der Waals surface area contributed by atoms with Crippen LogP contribution in [0.1, 0.15) is 32.6 Å². The lowest BCUT2D eigenvalue weighted by atomic mass is 10.1. The Morgan fingerprint density at radius 2 is 1.94 bits per heavy atom. The maximum atomic E-state index is 11.2. The van der Waals surface area contributed by atoms with Gasteiger partial charge in [-0.3, -0.25) is 4.21 Å². The lowest BCUT2D eigenvalue weighted by Crippen LogP contribution is -2.45. The molecule has 0 radical (unpaired) electrons. The van der Waals surface area contributed by atoms with Gasteiger partial charge in [0.05, 0.1) is 0 Å². The van der Waals surface area contributed by atoms with Crippen LogP contribution in [-0.4, -0.2) is 52.3 Å². The van der Waals surface area contributed by atoms with Gasteiger partial charge < -0.3 is 10.2 Å². The Morgan fingerprint density at radius 1 is 1.31 bits per heavy atom. The number of nitrogens with one attached hydrogen (secondary N) is 1.